The molecule has 5 N–H and O–H groups in total. The molecular formula is C21H25BrN6O2. The molecule has 0 bridgehead atoms. The molecule has 2 aromatic rings. The summed E-state index contributed by atoms with van der Waals surface area (Å²) in [6, 6.07) is 17.0. The van der Waals surface area contributed by atoms with Crippen LogP contribution in [0.4, 0.5) is 11.4 Å². The highest BCUT2D eigenvalue weighted by atomic mass is 79.9. The second kappa shape index (κ2) is 9.62. The maximum Gasteiger partial charge on any atom is 0.235 e. The highest BCUT2D eigenvalue weighted by molar-refractivity contribution is 9.09. The van der Waals surface area contributed by atoms with E-state index in [0.717, 1.165) is 23.5 Å². The van der Waals surface area contributed by atoms with Crippen LogP contribution in [-0.2, 0) is 4.79 Å². The number of ether oxygens (including phenoxy) is 1. The largest absolute Gasteiger partial charge is 0.494 e. The number of carbonyl (C=O) groups is 1. The Hall–Kier alpha value is -3.07. The number of rotatable bonds is 8. The molecular weight excluding hydrogens is 448 g/mol. The van der Waals surface area contributed by atoms with Gasteiger partial charge in [-0.05, 0) is 56.2 Å². The van der Waals surface area contributed by atoms with Gasteiger partial charge in [0.1, 0.15) is 11.4 Å². The Labute approximate surface area is 184 Å². The van der Waals surface area contributed by atoms with Crippen LogP contribution in [0.2, 0.25) is 0 Å². The normalized spacial score (nSPS) is 18.4. The van der Waals surface area contributed by atoms with Gasteiger partial charge in [0.25, 0.3) is 0 Å². The van der Waals surface area contributed by atoms with Gasteiger partial charge >= 0.3 is 0 Å². The number of amides is 1. The zero-order chi connectivity index (χ0) is 21.6. The smallest absolute Gasteiger partial charge is 0.235 e. The molecule has 0 saturated carbocycles. The van der Waals surface area contributed by atoms with E-state index in [1.807, 2.05) is 54.3 Å². The number of carbonyl (C=O) groups excluding carboxylic acids is 1. The van der Waals surface area contributed by atoms with E-state index in [9.17, 15) is 4.79 Å². The fourth-order valence-corrected chi connectivity index (χ4v) is 3.46. The minimum Gasteiger partial charge on any atom is -0.494 e. The van der Waals surface area contributed by atoms with Gasteiger partial charge in [0.2, 0.25) is 17.8 Å². The van der Waals surface area contributed by atoms with Gasteiger partial charge in [0.05, 0.1) is 11.9 Å². The van der Waals surface area contributed by atoms with Gasteiger partial charge in [-0.25, -0.2) is 4.99 Å². The maximum atomic E-state index is 11.4. The number of nitrogens with two attached hydrogens (primary N) is 2. The van der Waals surface area contributed by atoms with Crippen LogP contribution in [0, 0.1) is 0 Å². The molecule has 2 aromatic carbocycles. The summed E-state index contributed by atoms with van der Waals surface area (Å²) in [4.78, 5) is 22.0. The van der Waals surface area contributed by atoms with Crippen molar-refractivity contribution in [2.24, 2.45) is 21.5 Å². The standard InChI is InChI=1S/C21H25BrN6O2/c1-21(27-19(23)26-20(24)28(21)16-6-3-2-4-7-16)12-5-13-30-17-10-8-15(9-11-17)25-18(29)14-22/h2-4,6-11H,5,12-14H2,1H3,(H,25,29)(H4,23,24,26,27)/t21-/m0/s1. The van der Waals surface area contributed by atoms with Crippen LogP contribution in [0.3, 0.4) is 0 Å². The first kappa shape index (κ1) is 21.6. The first-order chi connectivity index (χ1) is 14.4. The van der Waals surface area contributed by atoms with Gasteiger partial charge < -0.3 is 21.5 Å². The zero-order valence-corrected chi connectivity index (χ0v) is 18.3. The molecule has 1 atom stereocenters. The second-order valence-corrected chi connectivity index (χ2v) is 7.55. The Kier molecular flexibility index (Phi) is 6.94. The van der Waals surface area contributed by atoms with Crippen molar-refractivity contribution in [2.75, 3.05) is 22.2 Å². The van der Waals surface area contributed by atoms with Gasteiger partial charge in [-0.15, -0.1) is 0 Å². The lowest BCUT2D eigenvalue weighted by atomic mass is 10.0. The van der Waals surface area contributed by atoms with Gasteiger partial charge in [-0.2, -0.15) is 4.99 Å². The highest BCUT2D eigenvalue weighted by Gasteiger charge is 2.37. The summed E-state index contributed by atoms with van der Waals surface area (Å²) in [6.07, 6.45) is 1.39. The van der Waals surface area contributed by atoms with E-state index in [0.29, 0.717) is 19.0 Å². The fourth-order valence-electron chi connectivity index (χ4n) is 3.32. The number of hydrogen-bond donors (Lipinski definition) is 3. The molecule has 0 fully saturated rings. The first-order valence-corrected chi connectivity index (χ1v) is 10.7. The van der Waals surface area contributed by atoms with Crippen molar-refractivity contribution in [3.63, 3.8) is 0 Å². The third kappa shape index (κ3) is 5.29. The molecule has 8 nitrogen and oxygen atoms in total. The number of halogens is 1. The van der Waals surface area contributed by atoms with Crippen molar-refractivity contribution >= 4 is 45.1 Å². The molecule has 158 valence electrons. The van der Waals surface area contributed by atoms with Crippen molar-refractivity contribution in [2.45, 2.75) is 25.4 Å². The predicted molar refractivity (Wildman–Crippen MR) is 124 cm³/mol. The number of hydrogen-bond acceptors (Lipinski definition) is 7. The Morgan fingerprint density at radius 1 is 1.17 bits per heavy atom. The van der Waals surface area contributed by atoms with E-state index in [-0.39, 0.29) is 17.2 Å². The average Bonchev–Trinajstić information content (AvgIpc) is 2.72. The number of alkyl halides is 1. The molecule has 0 aromatic heterocycles. The van der Waals surface area contributed by atoms with Crippen molar-refractivity contribution in [3.8, 4) is 5.75 Å². The summed E-state index contributed by atoms with van der Waals surface area (Å²) in [5.74, 6) is 1.11. The molecule has 1 aliphatic rings. The number of anilines is 2. The van der Waals surface area contributed by atoms with E-state index < -0.39 is 5.66 Å². The molecule has 1 heterocycles. The average molecular weight is 473 g/mol. The van der Waals surface area contributed by atoms with Crippen LogP contribution < -0.4 is 26.4 Å². The number of aliphatic imine (C=N–C) groups is 2. The Morgan fingerprint density at radius 3 is 2.53 bits per heavy atom. The molecule has 9 heteroatoms. The van der Waals surface area contributed by atoms with Gasteiger partial charge in [0, 0.05) is 11.4 Å². The topological polar surface area (TPSA) is 118 Å². The van der Waals surface area contributed by atoms with Crippen LogP contribution in [-0.4, -0.2) is 35.4 Å². The van der Waals surface area contributed by atoms with E-state index >= 15 is 0 Å². The predicted octanol–water partition coefficient (Wildman–Crippen LogP) is 3.04. The van der Waals surface area contributed by atoms with Crippen LogP contribution in [0.1, 0.15) is 19.8 Å². The monoisotopic (exact) mass is 472 g/mol. The van der Waals surface area contributed by atoms with Gasteiger partial charge in [0.15, 0.2) is 0 Å². The maximum absolute atomic E-state index is 11.4. The minimum absolute atomic E-state index is 0.102. The molecule has 30 heavy (non-hydrogen) atoms. The van der Waals surface area contributed by atoms with Crippen LogP contribution >= 0.6 is 15.9 Å². The first-order valence-electron chi connectivity index (χ1n) is 9.55. The Bertz CT molecular complexity index is 932. The molecule has 1 aliphatic heterocycles. The summed E-state index contributed by atoms with van der Waals surface area (Å²) < 4.78 is 5.84. The molecule has 0 aliphatic carbocycles. The highest BCUT2D eigenvalue weighted by Crippen LogP contribution is 2.31. The van der Waals surface area contributed by atoms with Crippen molar-refractivity contribution in [1.29, 1.82) is 0 Å². The third-order valence-electron chi connectivity index (χ3n) is 4.63. The molecule has 0 unspecified atom stereocenters. The molecule has 1 amide bonds. The third-order valence-corrected chi connectivity index (χ3v) is 5.14. The Morgan fingerprint density at radius 2 is 1.87 bits per heavy atom. The number of benzene rings is 2. The lowest BCUT2D eigenvalue weighted by molar-refractivity contribution is -0.113. The lowest BCUT2D eigenvalue weighted by Gasteiger charge is -2.41. The van der Waals surface area contributed by atoms with Crippen LogP contribution in [0.15, 0.2) is 64.6 Å². The van der Waals surface area contributed by atoms with E-state index in [1.54, 1.807) is 12.1 Å². The van der Waals surface area contributed by atoms with Gasteiger partial charge in [-0.1, -0.05) is 34.1 Å². The summed E-state index contributed by atoms with van der Waals surface area (Å²) in [5.41, 5.74) is 13.0. The molecule has 0 spiro atoms. The minimum atomic E-state index is -0.662. The van der Waals surface area contributed by atoms with E-state index in [2.05, 4.69) is 31.2 Å². The fraction of sp³-hybridized carbons (Fsp3) is 0.286. The summed E-state index contributed by atoms with van der Waals surface area (Å²) in [5, 5.41) is 3.02. The van der Waals surface area contributed by atoms with Crippen LogP contribution in [0.25, 0.3) is 0 Å². The van der Waals surface area contributed by atoms with Gasteiger partial charge in [-0.3, -0.25) is 9.69 Å². The molecule has 0 radical (unpaired) electrons. The Balaban J connectivity index is 1.60. The summed E-state index contributed by atoms with van der Waals surface area (Å²) in [7, 11) is 0. The number of para-hydroxylation sites is 1. The van der Waals surface area contributed by atoms with E-state index in [4.69, 9.17) is 16.2 Å². The summed E-state index contributed by atoms with van der Waals surface area (Å²) in [6.45, 7) is 2.48. The second-order valence-electron chi connectivity index (χ2n) is 6.99. The number of nitrogens with one attached hydrogen (secondary N) is 1. The molecule has 0 saturated heterocycles. The van der Waals surface area contributed by atoms with Crippen molar-refractivity contribution in [3.05, 3.63) is 54.6 Å². The molecule has 3 rings (SSSR count). The zero-order valence-electron chi connectivity index (χ0n) is 16.7. The van der Waals surface area contributed by atoms with Crippen molar-refractivity contribution < 1.29 is 9.53 Å². The lowest BCUT2D eigenvalue weighted by Crippen LogP contribution is -2.56. The quantitative estimate of drug-likeness (QED) is 0.402. The SMILES string of the molecule is C[C@]1(CCCOc2ccc(NC(=O)CBr)cc2)N=C(N)N=C(N)N1c1ccccc1. The van der Waals surface area contributed by atoms with E-state index in [1.165, 1.54) is 0 Å². The number of nitrogens with zero attached hydrogens (tertiary/aromatic N) is 3. The number of guanidine groups is 2. The summed E-state index contributed by atoms with van der Waals surface area (Å²) >= 11 is 3.12. The van der Waals surface area contributed by atoms with Crippen LogP contribution in [0.5, 0.6) is 5.75 Å². The van der Waals surface area contributed by atoms with Crippen molar-refractivity contribution in [1.82, 2.24) is 0 Å².